The Balaban J connectivity index is 1.26. The largest absolute Gasteiger partial charge is 0.496 e. The van der Waals surface area contributed by atoms with Gasteiger partial charge in [-0.25, -0.2) is 0 Å². The minimum absolute atomic E-state index is 0.686. The molecule has 1 saturated heterocycles. The number of hydrogen-bond acceptors (Lipinski definition) is 3. The minimum atomic E-state index is 0.686. The summed E-state index contributed by atoms with van der Waals surface area (Å²) in [5.74, 6) is 1.77. The van der Waals surface area contributed by atoms with E-state index in [1.807, 2.05) is 0 Å². The topological polar surface area (TPSA) is 15.7 Å². The highest BCUT2D eigenvalue weighted by Gasteiger charge is 2.31. The lowest BCUT2D eigenvalue weighted by molar-refractivity contribution is 0.0444. The predicted molar refractivity (Wildman–Crippen MR) is 108 cm³/mol. The summed E-state index contributed by atoms with van der Waals surface area (Å²) in [6, 6.07) is 10.3. The van der Waals surface area contributed by atoms with Crippen molar-refractivity contribution in [3.63, 3.8) is 0 Å². The molecule has 3 nitrogen and oxygen atoms in total. The molecule has 1 aliphatic heterocycles. The fourth-order valence-electron chi connectivity index (χ4n) is 5.67. The molecule has 3 heteroatoms. The van der Waals surface area contributed by atoms with Crippen LogP contribution in [0.3, 0.4) is 0 Å². The molecule has 0 aromatic heterocycles. The van der Waals surface area contributed by atoms with Gasteiger partial charge in [-0.1, -0.05) is 37.5 Å². The molecule has 0 spiro atoms. The van der Waals surface area contributed by atoms with Crippen molar-refractivity contribution >= 4 is 0 Å². The number of rotatable bonds is 4. The summed E-state index contributed by atoms with van der Waals surface area (Å²) in [4.78, 5) is 5.61. The molecule has 2 saturated carbocycles. The summed E-state index contributed by atoms with van der Waals surface area (Å²) in [5.41, 5.74) is 1.43. The van der Waals surface area contributed by atoms with Crippen LogP contribution in [-0.4, -0.2) is 55.2 Å². The van der Waals surface area contributed by atoms with Crippen LogP contribution in [0.1, 0.15) is 69.3 Å². The van der Waals surface area contributed by atoms with Crippen molar-refractivity contribution in [2.24, 2.45) is 0 Å². The number of nitrogens with zero attached hydrogens (tertiary/aromatic N) is 2. The standard InChI is InChI=1S/C23H36N2O/c1-26-23-10-6-5-9-22(23)19-11-13-21(14-12-19)25-17-15-24(16-18-25)20-7-3-2-4-8-20/h5-6,9-10,19-21H,2-4,7-8,11-18H2,1H3. The molecule has 1 aromatic rings. The molecule has 0 atom stereocenters. The van der Waals surface area contributed by atoms with Gasteiger partial charge in [-0.3, -0.25) is 9.80 Å². The maximum atomic E-state index is 5.60. The highest BCUT2D eigenvalue weighted by Crippen LogP contribution is 2.39. The highest BCUT2D eigenvalue weighted by molar-refractivity contribution is 5.36. The molecule has 0 N–H and O–H groups in total. The number of methoxy groups -OCH3 is 1. The van der Waals surface area contributed by atoms with Crippen LogP contribution >= 0.6 is 0 Å². The molecule has 3 aliphatic rings. The lowest BCUT2D eigenvalue weighted by Crippen LogP contribution is -2.53. The molecule has 0 radical (unpaired) electrons. The maximum absolute atomic E-state index is 5.60. The molecule has 0 amide bonds. The van der Waals surface area contributed by atoms with Gasteiger partial charge in [-0.2, -0.15) is 0 Å². The number of piperazine rings is 1. The fraction of sp³-hybridized carbons (Fsp3) is 0.739. The fourth-order valence-corrected chi connectivity index (χ4v) is 5.67. The van der Waals surface area contributed by atoms with Crippen LogP contribution in [0, 0.1) is 0 Å². The summed E-state index contributed by atoms with van der Waals surface area (Å²) in [6.07, 6.45) is 12.6. The highest BCUT2D eigenvalue weighted by atomic mass is 16.5. The van der Waals surface area contributed by atoms with E-state index in [1.165, 1.54) is 89.5 Å². The molecule has 3 fully saturated rings. The first-order chi connectivity index (χ1) is 12.8. The first-order valence-corrected chi connectivity index (χ1v) is 11.0. The van der Waals surface area contributed by atoms with Gasteiger partial charge in [-0.15, -0.1) is 0 Å². The Morgan fingerprint density at radius 3 is 1.92 bits per heavy atom. The Morgan fingerprint density at radius 1 is 0.731 bits per heavy atom. The van der Waals surface area contributed by atoms with E-state index in [2.05, 4.69) is 34.1 Å². The molecule has 2 aliphatic carbocycles. The molecular weight excluding hydrogens is 320 g/mol. The van der Waals surface area contributed by atoms with Gasteiger partial charge in [0, 0.05) is 38.3 Å². The van der Waals surface area contributed by atoms with E-state index in [9.17, 15) is 0 Å². The van der Waals surface area contributed by atoms with Crippen LogP contribution in [-0.2, 0) is 0 Å². The number of para-hydroxylation sites is 1. The Bertz CT molecular complexity index is 553. The predicted octanol–water partition coefficient (Wildman–Crippen LogP) is 4.67. The zero-order valence-corrected chi connectivity index (χ0v) is 16.5. The van der Waals surface area contributed by atoms with E-state index in [-0.39, 0.29) is 0 Å². The molecule has 26 heavy (non-hydrogen) atoms. The second-order valence-corrected chi connectivity index (χ2v) is 8.61. The molecule has 0 unspecified atom stereocenters. The van der Waals surface area contributed by atoms with Crippen molar-refractivity contribution in [1.29, 1.82) is 0 Å². The van der Waals surface area contributed by atoms with Crippen LogP contribution in [0.25, 0.3) is 0 Å². The van der Waals surface area contributed by atoms with Crippen molar-refractivity contribution in [3.05, 3.63) is 29.8 Å². The quantitative estimate of drug-likeness (QED) is 0.779. The van der Waals surface area contributed by atoms with Crippen molar-refractivity contribution in [2.45, 2.75) is 75.8 Å². The van der Waals surface area contributed by atoms with Gasteiger partial charge >= 0.3 is 0 Å². The lowest BCUT2D eigenvalue weighted by atomic mass is 9.80. The third-order valence-corrected chi connectivity index (χ3v) is 7.23. The van der Waals surface area contributed by atoms with Gasteiger partial charge in [0.15, 0.2) is 0 Å². The third-order valence-electron chi connectivity index (χ3n) is 7.23. The van der Waals surface area contributed by atoms with Gasteiger partial charge in [0.25, 0.3) is 0 Å². The summed E-state index contributed by atoms with van der Waals surface area (Å²) in [7, 11) is 1.80. The monoisotopic (exact) mass is 356 g/mol. The normalized spacial score (nSPS) is 29.6. The Hall–Kier alpha value is -1.06. The molecule has 1 aromatic carbocycles. The number of benzene rings is 1. The van der Waals surface area contributed by atoms with E-state index in [4.69, 9.17) is 4.74 Å². The molecule has 144 valence electrons. The molecule has 1 heterocycles. The SMILES string of the molecule is COc1ccccc1C1CCC(N2CCN(C3CCCCC3)CC2)CC1. The second kappa shape index (κ2) is 8.75. The van der Waals surface area contributed by atoms with Crippen LogP contribution in [0.15, 0.2) is 24.3 Å². The van der Waals surface area contributed by atoms with Crippen LogP contribution in [0.4, 0.5) is 0 Å². The zero-order chi connectivity index (χ0) is 17.8. The summed E-state index contributed by atoms with van der Waals surface area (Å²) in [5, 5.41) is 0. The second-order valence-electron chi connectivity index (χ2n) is 8.61. The minimum Gasteiger partial charge on any atom is -0.496 e. The van der Waals surface area contributed by atoms with Crippen molar-refractivity contribution in [1.82, 2.24) is 9.80 Å². The average molecular weight is 357 g/mol. The van der Waals surface area contributed by atoms with Crippen LogP contribution in [0.5, 0.6) is 5.75 Å². The molecule has 0 bridgehead atoms. The van der Waals surface area contributed by atoms with Crippen molar-refractivity contribution in [2.75, 3.05) is 33.3 Å². The molecule has 4 rings (SSSR count). The van der Waals surface area contributed by atoms with Gasteiger partial charge in [0.2, 0.25) is 0 Å². The summed E-state index contributed by atoms with van der Waals surface area (Å²) in [6.45, 7) is 5.19. The number of ether oxygens (including phenoxy) is 1. The van der Waals surface area contributed by atoms with E-state index >= 15 is 0 Å². The van der Waals surface area contributed by atoms with Gasteiger partial charge in [0.05, 0.1) is 7.11 Å². The Labute approximate surface area is 159 Å². The smallest absolute Gasteiger partial charge is 0.122 e. The van der Waals surface area contributed by atoms with E-state index < -0.39 is 0 Å². The lowest BCUT2D eigenvalue weighted by Gasteiger charge is -2.45. The maximum Gasteiger partial charge on any atom is 0.122 e. The van der Waals surface area contributed by atoms with Gasteiger partial charge in [0.1, 0.15) is 5.75 Å². The average Bonchev–Trinajstić information content (AvgIpc) is 2.74. The first kappa shape index (κ1) is 18.3. The zero-order valence-electron chi connectivity index (χ0n) is 16.5. The van der Waals surface area contributed by atoms with Crippen molar-refractivity contribution in [3.8, 4) is 5.75 Å². The van der Waals surface area contributed by atoms with Gasteiger partial charge < -0.3 is 4.74 Å². The van der Waals surface area contributed by atoms with Crippen molar-refractivity contribution < 1.29 is 4.74 Å². The summed E-state index contributed by atoms with van der Waals surface area (Å²) < 4.78 is 5.60. The van der Waals surface area contributed by atoms with Gasteiger partial charge in [-0.05, 0) is 56.1 Å². The Morgan fingerprint density at radius 2 is 1.31 bits per heavy atom. The van der Waals surface area contributed by atoms with Crippen LogP contribution < -0.4 is 4.74 Å². The van der Waals surface area contributed by atoms with Crippen LogP contribution in [0.2, 0.25) is 0 Å². The van der Waals surface area contributed by atoms with E-state index in [1.54, 1.807) is 7.11 Å². The first-order valence-electron chi connectivity index (χ1n) is 11.0. The van der Waals surface area contributed by atoms with E-state index in [0.29, 0.717) is 5.92 Å². The Kier molecular flexibility index (Phi) is 6.16. The molecular formula is C23H36N2O. The van der Waals surface area contributed by atoms with E-state index in [0.717, 1.165) is 17.8 Å². The third kappa shape index (κ3) is 4.09. The number of hydrogen-bond donors (Lipinski definition) is 0. The summed E-state index contributed by atoms with van der Waals surface area (Å²) >= 11 is 0.